The zero-order valence-electron chi connectivity index (χ0n) is 26.7. The molecule has 2 aromatic heterocycles. The lowest BCUT2D eigenvalue weighted by Crippen LogP contribution is -2.50. The SMILES string of the molecule is CCc1c2c(nc3ccc(OCCN(C(=O)CN)C(=O)[C@@H](N)Cc4ccccc4)cc13)-c1cc3c(c(=O)n1C2)COC(=O)[C@]3(O)CC.Cl. The van der Waals surface area contributed by atoms with E-state index in [1.165, 1.54) is 0 Å². The van der Waals surface area contributed by atoms with Crippen LogP contribution in [-0.2, 0) is 50.7 Å². The topological polar surface area (TPSA) is 180 Å². The number of rotatable bonds is 10. The Morgan fingerprint density at radius 2 is 1.88 bits per heavy atom. The van der Waals surface area contributed by atoms with Crippen LogP contribution in [-0.4, -0.2) is 63.1 Å². The van der Waals surface area contributed by atoms with Gasteiger partial charge in [0.2, 0.25) is 11.8 Å². The normalized spacial score (nSPS) is 16.6. The van der Waals surface area contributed by atoms with E-state index >= 15 is 0 Å². The van der Waals surface area contributed by atoms with E-state index < -0.39 is 29.4 Å². The van der Waals surface area contributed by atoms with Crippen LogP contribution < -0.4 is 21.8 Å². The first-order valence-electron chi connectivity index (χ1n) is 15.7. The molecular weight excluding hydrogens is 638 g/mol. The fourth-order valence-electron chi connectivity index (χ4n) is 6.51. The number of hydrogen-bond acceptors (Lipinski definition) is 10. The van der Waals surface area contributed by atoms with Crippen LogP contribution in [0.15, 0.2) is 59.4 Å². The van der Waals surface area contributed by atoms with Gasteiger partial charge in [0, 0.05) is 16.5 Å². The molecule has 5 N–H and O–H groups in total. The maximum atomic E-state index is 13.6. The van der Waals surface area contributed by atoms with E-state index in [0.29, 0.717) is 29.1 Å². The first-order valence-corrected chi connectivity index (χ1v) is 15.7. The van der Waals surface area contributed by atoms with Crippen LogP contribution in [0.1, 0.15) is 48.1 Å². The number of aromatic nitrogens is 2. The zero-order chi connectivity index (χ0) is 33.5. The summed E-state index contributed by atoms with van der Waals surface area (Å²) in [6.45, 7) is 3.43. The highest BCUT2D eigenvalue weighted by molar-refractivity contribution is 5.98. The molecular formula is C35H38ClN5O7. The van der Waals surface area contributed by atoms with Crippen molar-refractivity contribution in [3.8, 4) is 17.1 Å². The summed E-state index contributed by atoms with van der Waals surface area (Å²) in [4.78, 5) is 57.8. The highest BCUT2D eigenvalue weighted by Crippen LogP contribution is 2.40. The minimum Gasteiger partial charge on any atom is -0.492 e. The highest BCUT2D eigenvalue weighted by atomic mass is 35.5. The van der Waals surface area contributed by atoms with Crippen molar-refractivity contribution in [2.45, 2.75) is 57.9 Å². The Balaban J connectivity index is 0.00000451. The molecule has 13 heteroatoms. The van der Waals surface area contributed by atoms with Crippen LogP contribution in [0.4, 0.5) is 0 Å². The summed E-state index contributed by atoms with van der Waals surface area (Å²) in [5, 5.41) is 12.0. The largest absolute Gasteiger partial charge is 0.492 e. The zero-order valence-corrected chi connectivity index (χ0v) is 27.5. The number of ether oxygens (including phenoxy) is 2. The van der Waals surface area contributed by atoms with Gasteiger partial charge in [-0.1, -0.05) is 44.2 Å². The first kappa shape index (κ1) is 34.7. The molecule has 2 atom stereocenters. The van der Waals surface area contributed by atoms with Gasteiger partial charge in [-0.25, -0.2) is 9.78 Å². The Kier molecular flexibility index (Phi) is 10.0. The van der Waals surface area contributed by atoms with Gasteiger partial charge >= 0.3 is 5.97 Å². The number of amides is 2. The van der Waals surface area contributed by atoms with Crippen LogP contribution >= 0.6 is 12.4 Å². The molecule has 0 saturated carbocycles. The molecule has 12 nitrogen and oxygen atoms in total. The standard InChI is InChI=1S/C35H37N5O7.ClH/c1-3-22-23-15-21(46-13-12-39(30(41)17-36)33(43)27(37)14-20-8-6-5-7-9-20)10-11-28(23)38-31-24(22)18-40-29(31)16-26-25(32(40)42)19-47-34(44)35(26,45)4-2;/h5-11,15-16,27,45H,3-4,12-14,17-19,36-37H2,1-2H3;1H/t27-,35-;/m0./s1. The summed E-state index contributed by atoms with van der Waals surface area (Å²) < 4.78 is 12.8. The number of carbonyl (C=O) groups is 3. The molecule has 4 heterocycles. The summed E-state index contributed by atoms with van der Waals surface area (Å²) in [6, 6.07) is 15.5. The van der Waals surface area contributed by atoms with E-state index in [0.717, 1.165) is 27.0 Å². The molecule has 2 aromatic carbocycles. The van der Waals surface area contributed by atoms with Gasteiger partial charge in [-0.05, 0) is 54.7 Å². The summed E-state index contributed by atoms with van der Waals surface area (Å²) in [5.41, 5.74) is 14.7. The van der Waals surface area contributed by atoms with E-state index in [-0.39, 0.29) is 74.8 Å². The lowest BCUT2D eigenvalue weighted by atomic mass is 9.86. The number of aryl methyl sites for hydroxylation is 1. The van der Waals surface area contributed by atoms with Gasteiger partial charge in [0.05, 0.1) is 48.1 Å². The molecule has 48 heavy (non-hydrogen) atoms. The van der Waals surface area contributed by atoms with Crippen molar-refractivity contribution in [2.24, 2.45) is 11.5 Å². The molecule has 0 unspecified atom stereocenters. The number of cyclic esters (lactones) is 1. The molecule has 4 aromatic rings. The molecule has 2 aliphatic rings. The number of carbonyl (C=O) groups excluding carboxylic acids is 3. The highest BCUT2D eigenvalue weighted by Gasteiger charge is 2.45. The van der Waals surface area contributed by atoms with Crippen molar-refractivity contribution in [3.63, 3.8) is 0 Å². The van der Waals surface area contributed by atoms with Gasteiger partial charge in [-0.3, -0.25) is 19.3 Å². The van der Waals surface area contributed by atoms with Crippen LogP contribution in [0.25, 0.3) is 22.3 Å². The second kappa shape index (κ2) is 13.9. The van der Waals surface area contributed by atoms with E-state index in [2.05, 4.69) is 0 Å². The first-order chi connectivity index (χ1) is 22.6. The van der Waals surface area contributed by atoms with Crippen LogP contribution in [0.2, 0.25) is 0 Å². The lowest BCUT2D eigenvalue weighted by molar-refractivity contribution is -0.172. The number of aliphatic hydroxyl groups is 1. The molecule has 0 spiro atoms. The number of fused-ring (bicyclic) bond motifs is 5. The van der Waals surface area contributed by atoms with Crippen LogP contribution in [0.3, 0.4) is 0 Å². The van der Waals surface area contributed by atoms with Gasteiger partial charge in [-0.2, -0.15) is 0 Å². The van der Waals surface area contributed by atoms with Crippen molar-refractivity contribution in [1.29, 1.82) is 0 Å². The van der Waals surface area contributed by atoms with Crippen molar-refractivity contribution in [1.82, 2.24) is 14.5 Å². The third-order valence-corrected chi connectivity index (χ3v) is 9.07. The predicted octanol–water partition coefficient (Wildman–Crippen LogP) is 2.33. The molecule has 0 bridgehead atoms. The molecule has 0 aliphatic carbocycles. The Morgan fingerprint density at radius 1 is 1.12 bits per heavy atom. The fourth-order valence-corrected chi connectivity index (χ4v) is 6.51. The minimum atomic E-state index is -1.90. The summed E-state index contributed by atoms with van der Waals surface area (Å²) in [6.07, 6.45) is 0.983. The molecule has 252 valence electrons. The molecule has 0 saturated heterocycles. The average molecular weight is 676 g/mol. The third-order valence-electron chi connectivity index (χ3n) is 9.07. The van der Waals surface area contributed by atoms with Gasteiger partial charge in [0.1, 0.15) is 19.0 Å². The van der Waals surface area contributed by atoms with Crippen molar-refractivity contribution < 1.29 is 29.0 Å². The number of esters is 1. The number of halogens is 1. The Morgan fingerprint density at radius 3 is 2.56 bits per heavy atom. The van der Waals surface area contributed by atoms with Gasteiger partial charge in [0.15, 0.2) is 5.60 Å². The average Bonchev–Trinajstić information content (AvgIpc) is 3.45. The van der Waals surface area contributed by atoms with Gasteiger partial charge in [-0.15, -0.1) is 12.4 Å². The number of hydrogen-bond donors (Lipinski definition) is 3. The van der Waals surface area contributed by atoms with Crippen molar-refractivity contribution >= 4 is 41.1 Å². The predicted molar refractivity (Wildman–Crippen MR) is 181 cm³/mol. The fraction of sp³-hybridized carbons (Fsp3) is 0.343. The number of benzene rings is 2. The molecule has 0 radical (unpaired) electrons. The maximum absolute atomic E-state index is 13.6. The molecule has 2 amide bonds. The third kappa shape index (κ3) is 5.96. The monoisotopic (exact) mass is 675 g/mol. The maximum Gasteiger partial charge on any atom is 0.343 e. The Bertz CT molecular complexity index is 1970. The summed E-state index contributed by atoms with van der Waals surface area (Å²) >= 11 is 0. The van der Waals surface area contributed by atoms with Gasteiger partial charge < -0.3 is 30.6 Å². The van der Waals surface area contributed by atoms with E-state index in [9.17, 15) is 24.3 Å². The Hall–Kier alpha value is -4.62. The van der Waals surface area contributed by atoms with Gasteiger partial charge in [0.25, 0.3) is 5.56 Å². The van der Waals surface area contributed by atoms with E-state index in [4.69, 9.17) is 25.9 Å². The van der Waals surface area contributed by atoms with Crippen LogP contribution in [0, 0.1) is 0 Å². The number of pyridine rings is 2. The molecule has 2 aliphatic heterocycles. The van der Waals surface area contributed by atoms with Crippen LogP contribution in [0.5, 0.6) is 5.75 Å². The number of imide groups is 1. The smallest absolute Gasteiger partial charge is 0.343 e. The summed E-state index contributed by atoms with van der Waals surface area (Å²) in [5.74, 6) is -1.32. The summed E-state index contributed by atoms with van der Waals surface area (Å²) in [7, 11) is 0. The van der Waals surface area contributed by atoms with Crippen molar-refractivity contribution in [2.75, 3.05) is 19.7 Å². The van der Waals surface area contributed by atoms with E-state index in [1.807, 2.05) is 49.4 Å². The molecule has 6 rings (SSSR count). The number of nitrogens with two attached hydrogens (primary N) is 2. The lowest BCUT2D eigenvalue weighted by Gasteiger charge is -2.31. The Labute approximate surface area is 283 Å². The quantitative estimate of drug-likeness (QED) is 0.186. The molecule has 0 fully saturated rings. The van der Waals surface area contributed by atoms with Crippen molar-refractivity contribution in [3.05, 3.63) is 92.8 Å². The second-order valence-corrected chi connectivity index (χ2v) is 11.8. The minimum absolute atomic E-state index is 0. The van der Waals surface area contributed by atoms with E-state index in [1.54, 1.807) is 23.6 Å². The second-order valence-electron chi connectivity index (χ2n) is 11.8. The number of nitrogens with zero attached hydrogens (tertiary/aromatic N) is 3.